The molecule has 0 bridgehead atoms. The number of sulfonamides is 1. The van der Waals surface area contributed by atoms with Crippen LogP contribution in [-0.2, 0) is 23.1 Å². The van der Waals surface area contributed by atoms with Crippen molar-refractivity contribution in [3.63, 3.8) is 0 Å². The van der Waals surface area contributed by atoms with Crippen molar-refractivity contribution in [2.75, 3.05) is 7.05 Å². The smallest absolute Gasteiger partial charge is 0.243 e. The van der Waals surface area contributed by atoms with E-state index in [4.69, 9.17) is 4.98 Å². The van der Waals surface area contributed by atoms with Crippen molar-refractivity contribution in [3.8, 4) is 0 Å². The Kier molecular flexibility index (Phi) is 6.44. The number of hydrogen-bond donors (Lipinski definition) is 0. The Morgan fingerprint density at radius 3 is 2.28 bits per heavy atom. The zero-order chi connectivity index (χ0) is 22.7. The molecule has 0 radical (unpaired) electrons. The van der Waals surface area contributed by atoms with E-state index >= 15 is 0 Å². The van der Waals surface area contributed by atoms with Gasteiger partial charge in [0, 0.05) is 13.6 Å². The van der Waals surface area contributed by atoms with E-state index in [9.17, 15) is 8.42 Å². The molecule has 0 saturated carbocycles. The minimum Gasteiger partial charge on any atom is -0.322 e. The number of nitrogens with zero attached hydrogens (tertiary/aromatic N) is 3. The number of para-hydroxylation sites is 2. The summed E-state index contributed by atoms with van der Waals surface area (Å²) in [6, 6.07) is 25.1. The standard InChI is InChI=1S/C26H29N3O2S/c1-4-20(2)22-16-14-21(15-17-22)18-29-25-13-9-8-12-24(25)27-26(29)19-28(3)32(30,31)23-10-6-5-7-11-23/h5-17,20H,4,18-19H2,1-3H3. The molecular formula is C26H29N3O2S. The first-order valence-corrected chi connectivity index (χ1v) is 12.4. The third kappa shape index (κ3) is 4.47. The highest BCUT2D eigenvalue weighted by Gasteiger charge is 2.23. The van der Waals surface area contributed by atoms with Crippen molar-refractivity contribution in [3.05, 3.63) is 95.8 Å². The number of fused-ring (bicyclic) bond motifs is 1. The van der Waals surface area contributed by atoms with Crippen LogP contribution in [0, 0.1) is 0 Å². The summed E-state index contributed by atoms with van der Waals surface area (Å²) in [5, 5.41) is 0. The van der Waals surface area contributed by atoms with Gasteiger partial charge in [0.1, 0.15) is 5.82 Å². The second-order valence-electron chi connectivity index (χ2n) is 8.23. The van der Waals surface area contributed by atoms with Crippen LogP contribution in [0.1, 0.15) is 43.1 Å². The van der Waals surface area contributed by atoms with Crippen LogP contribution in [0.3, 0.4) is 0 Å². The summed E-state index contributed by atoms with van der Waals surface area (Å²) in [4.78, 5) is 5.06. The van der Waals surface area contributed by atoms with Crippen LogP contribution in [0.5, 0.6) is 0 Å². The molecule has 1 aromatic heterocycles. The Bertz CT molecular complexity index is 1300. The van der Waals surface area contributed by atoms with E-state index in [1.54, 1.807) is 31.3 Å². The van der Waals surface area contributed by atoms with Crippen LogP contribution >= 0.6 is 0 Å². The van der Waals surface area contributed by atoms with Crippen LogP contribution in [0.2, 0.25) is 0 Å². The first-order valence-electron chi connectivity index (χ1n) is 10.9. The van der Waals surface area contributed by atoms with Crippen molar-refractivity contribution < 1.29 is 8.42 Å². The number of rotatable bonds is 8. The average molecular weight is 448 g/mol. The van der Waals surface area contributed by atoms with Crippen LogP contribution in [0.25, 0.3) is 11.0 Å². The summed E-state index contributed by atoms with van der Waals surface area (Å²) in [6.07, 6.45) is 1.11. The molecule has 0 aliphatic rings. The van der Waals surface area contributed by atoms with Gasteiger partial charge in [0.15, 0.2) is 0 Å². The Morgan fingerprint density at radius 1 is 0.938 bits per heavy atom. The monoisotopic (exact) mass is 447 g/mol. The molecular weight excluding hydrogens is 418 g/mol. The molecule has 1 heterocycles. The van der Waals surface area contributed by atoms with Gasteiger partial charge < -0.3 is 4.57 Å². The maximum absolute atomic E-state index is 13.0. The maximum atomic E-state index is 13.0. The molecule has 0 aliphatic heterocycles. The minimum atomic E-state index is -3.60. The van der Waals surface area contributed by atoms with Gasteiger partial charge in [-0.15, -0.1) is 0 Å². The van der Waals surface area contributed by atoms with Gasteiger partial charge in [0.05, 0.1) is 22.5 Å². The highest BCUT2D eigenvalue weighted by molar-refractivity contribution is 7.89. The molecule has 6 heteroatoms. The summed E-state index contributed by atoms with van der Waals surface area (Å²) in [7, 11) is -2.00. The van der Waals surface area contributed by atoms with E-state index in [1.165, 1.54) is 9.87 Å². The lowest BCUT2D eigenvalue weighted by atomic mass is 9.98. The average Bonchev–Trinajstić information content (AvgIpc) is 3.16. The Hall–Kier alpha value is -2.96. The Morgan fingerprint density at radius 2 is 1.59 bits per heavy atom. The van der Waals surface area contributed by atoms with E-state index in [0.717, 1.165) is 28.8 Å². The third-order valence-electron chi connectivity index (χ3n) is 6.05. The fraction of sp³-hybridized carbons (Fsp3) is 0.269. The summed E-state index contributed by atoms with van der Waals surface area (Å²) in [6.45, 7) is 5.26. The second-order valence-corrected chi connectivity index (χ2v) is 10.3. The first-order chi connectivity index (χ1) is 15.4. The van der Waals surface area contributed by atoms with E-state index in [2.05, 4.69) is 42.7 Å². The number of benzene rings is 3. The van der Waals surface area contributed by atoms with E-state index in [0.29, 0.717) is 12.5 Å². The predicted octanol–water partition coefficient (Wildman–Crippen LogP) is 5.42. The molecule has 166 valence electrons. The topological polar surface area (TPSA) is 55.2 Å². The lowest BCUT2D eigenvalue weighted by Crippen LogP contribution is -2.28. The molecule has 4 aromatic rings. The molecule has 32 heavy (non-hydrogen) atoms. The Labute approximate surface area is 190 Å². The SMILES string of the molecule is CCC(C)c1ccc(Cn2c(CN(C)S(=O)(=O)c3ccccc3)nc3ccccc32)cc1. The van der Waals surface area contributed by atoms with E-state index in [1.807, 2.05) is 30.3 Å². The highest BCUT2D eigenvalue weighted by Crippen LogP contribution is 2.23. The molecule has 1 atom stereocenters. The molecule has 5 nitrogen and oxygen atoms in total. The number of imidazole rings is 1. The van der Waals surface area contributed by atoms with E-state index in [-0.39, 0.29) is 11.4 Å². The first kappa shape index (κ1) is 22.2. The van der Waals surface area contributed by atoms with Crippen LogP contribution in [0.15, 0.2) is 83.8 Å². The molecule has 1 unspecified atom stereocenters. The quantitative estimate of drug-likeness (QED) is 0.362. The molecule has 0 N–H and O–H groups in total. The van der Waals surface area contributed by atoms with Crippen molar-refractivity contribution in [2.45, 2.75) is 44.2 Å². The molecule has 4 rings (SSSR count). The van der Waals surface area contributed by atoms with Crippen LogP contribution < -0.4 is 0 Å². The van der Waals surface area contributed by atoms with Crippen molar-refractivity contribution in [1.29, 1.82) is 0 Å². The predicted molar refractivity (Wildman–Crippen MR) is 129 cm³/mol. The lowest BCUT2D eigenvalue weighted by molar-refractivity contribution is 0.450. The van der Waals surface area contributed by atoms with Gasteiger partial charge in [-0.3, -0.25) is 0 Å². The lowest BCUT2D eigenvalue weighted by Gasteiger charge is -2.18. The van der Waals surface area contributed by atoms with Crippen molar-refractivity contribution in [2.24, 2.45) is 0 Å². The Balaban J connectivity index is 1.66. The zero-order valence-corrected chi connectivity index (χ0v) is 19.6. The van der Waals surface area contributed by atoms with Gasteiger partial charge in [-0.05, 0) is 47.7 Å². The molecule has 0 fully saturated rings. The highest BCUT2D eigenvalue weighted by atomic mass is 32.2. The summed E-state index contributed by atoms with van der Waals surface area (Å²) in [5.41, 5.74) is 4.36. The summed E-state index contributed by atoms with van der Waals surface area (Å²) >= 11 is 0. The second kappa shape index (κ2) is 9.27. The fourth-order valence-electron chi connectivity index (χ4n) is 3.85. The van der Waals surface area contributed by atoms with Gasteiger partial charge in [0.2, 0.25) is 10.0 Å². The fourth-order valence-corrected chi connectivity index (χ4v) is 5.00. The third-order valence-corrected chi connectivity index (χ3v) is 7.87. The summed E-state index contributed by atoms with van der Waals surface area (Å²) in [5.74, 6) is 1.25. The minimum absolute atomic E-state index is 0.191. The van der Waals surface area contributed by atoms with Crippen molar-refractivity contribution in [1.82, 2.24) is 13.9 Å². The molecule has 3 aromatic carbocycles. The number of aromatic nitrogens is 2. The molecule has 0 spiro atoms. The van der Waals surface area contributed by atoms with Gasteiger partial charge >= 0.3 is 0 Å². The maximum Gasteiger partial charge on any atom is 0.243 e. The van der Waals surface area contributed by atoms with Gasteiger partial charge in [-0.2, -0.15) is 4.31 Å². The van der Waals surface area contributed by atoms with E-state index < -0.39 is 10.0 Å². The summed E-state index contributed by atoms with van der Waals surface area (Å²) < 4.78 is 29.6. The largest absolute Gasteiger partial charge is 0.322 e. The molecule has 0 saturated heterocycles. The van der Waals surface area contributed by atoms with Gasteiger partial charge in [0.25, 0.3) is 0 Å². The van der Waals surface area contributed by atoms with Crippen molar-refractivity contribution >= 4 is 21.1 Å². The number of hydrogen-bond acceptors (Lipinski definition) is 3. The van der Waals surface area contributed by atoms with Gasteiger partial charge in [-0.1, -0.05) is 68.4 Å². The van der Waals surface area contributed by atoms with Crippen LogP contribution in [0.4, 0.5) is 0 Å². The van der Waals surface area contributed by atoms with Gasteiger partial charge in [-0.25, -0.2) is 13.4 Å². The van der Waals surface area contributed by atoms with Crippen LogP contribution in [-0.4, -0.2) is 29.3 Å². The zero-order valence-electron chi connectivity index (χ0n) is 18.8. The molecule has 0 aliphatic carbocycles. The molecule has 0 amide bonds. The normalized spacial score (nSPS) is 13.0.